The number of esters is 2. The Morgan fingerprint density at radius 1 is 0.654 bits per heavy atom. The van der Waals surface area contributed by atoms with E-state index >= 15 is 0 Å². The van der Waals surface area contributed by atoms with Gasteiger partial charge < -0.3 is 38.6 Å². The van der Waals surface area contributed by atoms with Crippen molar-refractivity contribution in [3.8, 4) is 0 Å². The van der Waals surface area contributed by atoms with Crippen molar-refractivity contribution in [1.29, 1.82) is 0 Å². The minimum atomic E-state index is -0.794. The molecule has 4 fully saturated rings. The third kappa shape index (κ3) is 10.4. The number of rotatable bonds is 22. The van der Waals surface area contributed by atoms with Gasteiger partial charge in [-0.05, 0) is 97.3 Å². The average molecular weight is 721 g/mol. The maximum Gasteiger partial charge on any atom is 0.333 e. The zero-order valence-electron chi connectivity index (χ0n) is 30.8. The van der Waals surface area contributed by atoms with E-state index in [0.717, 1.165) is 6.42 Å². The second-order valence-corrected chi connectivity index (χ2v) is 15.2. The highest BCUT2D eigenvalue weighted by Crippen LogP contribution is 2.66. The van der Waals surface area contributed by atoms with Gasteiger partial charge in [0.25, 0.3) is 0 Å². The van der Waals surface area contributed by atoms with Crippen LogP contribution in [0.25, 0.3) is 0 Å². The molecular weight excluding hydrogens is 664 g/mol. The SMILES string of the molecule is C=C(C)C(=O)OCCOCC(O)COCc1ccccc1C12CC3CC(C1)CC(c1ccccc1COCC(O)COCCOC(=O)C(=C)C)(C3)C2. The molecule has 0 radical (unpaired) electrons. The predicted molar refractivity (Wildman–Crippen MR) is 195 cm³/mol. The summed E-state index contributed by atoms with van der Waals surface area (Å²) in [7, 11) is 0. The number of ether oxygens (including phenoxy) is 6. The number of hydrogen-bond acceptors (Lipinski definition) is 10. The summed E-state index contributed by atoms with van der Waals surface area (Å²) >= 11 is 0. The molecule has 0 heterocycles. The van der Waals surface area contributed by atoms with E-state index < -0.39 is 24.1 Å². The predicted octanol–water partition coefficient (Wildman–Crippen LogP) is 5.50. The second-order valence-electron chi connectivity index (χ2n) is 15.2. The van der Waals surface area contributed by atoms with E-state index in [1.54, 1.807) is 13.8 Å². The van der Waals surface area contributed by atoms with Crippen LogP contribution in [-0.4, -0.2) is 87.2 Å². The minimum absolute atomic E-state index is 0.0488. The minimum Gasteiger partial charge on any atom is -0.460 e. The van der Waals surface area contributed by atoms with Gasteiger partial charge in [0.2, 0.25) is 0 Å². The lowest BCUT2D eigenvalue weighted by Crippen LogP contribution is -2.56. The summed E-state index contributed by atoms with van der Waals surface area (Å²) < 4.78 is 33.1. The Morgan fingerprint density at radius 3 is 1.44 bits per heavy atom. The van der Waals surface area contributed by atoms with Crippen LogP contribution in [0.5, 0.6) is 0 Å². The molecule has 0 spiro atoms. The molecule has 2 unspecified atom stereocenters. The van der Waals surface area contributed by atoms with Gasteiger partial charge in [0, 0.05) is 11.1 Å². The normalized spacial score (nSPS) is 24.3. The number of carbonyl (C=O) groups excluding carboxylic acids is 2. The summed E-state index contributed by atoms with van der Waals surface area (Å²) in [6.45, 7) is 12.2. The van der Waals surface area contributed by atoms with E-state index in [0.29, 0.717) is 36.2 Å². The quantitative estimate of drug-likeness (QED) is 0.0914. The van der Waals surface area contributed by atoms with Crippen molar-refractivity contribution in [2.24, 2.45) is 11.8 Å². The van der Waals surface area contributed by atoms with Gasteiger partial charge in [0.05, 0.1) is 52.9 Å². The van der Waals surface area contributed by atoms with Gasteiger partial charge in [-0.3, -0.25) is 0 Å². The molecule has 284 valence electrons. The summed E-state index contributed by atoms with van der Waals surface area (Å²) in [5.74, 6) is 0.378. The largest absolute Gasteiger partial charge is 0.460 e. The highest BCUT2D eigenvalue weighted by molar-refractivity contribution is 5.87. The summed E-state index contributed by atoms with van der Waals surface area (Å²) in [4.78, 5) is 23.0. The van der Waals surface area contributed by atoms with Gasteiger partial charge in [0.1, 0.15) is 25.4 Å². The molecule has 2 atom stereocenters. The summed E-state index contributed by atoms with van der Waals surface area (Å²) in [6, 6.07) is 17.3. The average Bonchev–Trinajstić information content (AvgIpc) is 3.11. The van der Waals surface area contributed by atoms with Gasteiger partial charge in [-0.15, -0.1) is 0 Å². The first-order valence-corrected chi connectivity index (χ1v) is 18.5. The highest BCUT2D eigenvalue weighted by Gasteiger charge is 2.59. The molecule has 52 heavy (non-hydrogen) atoms. The standard InChI is InChI=1S/C42H56O10/c1-29(2)39(45)51-15-13-47-24-35(43)26-49-22-33-9-5-7-11-37(33)41-18-31-17-32(19-41)21-42(20-31,28-41)38-12-8-6-10-34(38)23-50-27-36(44)25-48-14-16-52-40(46)30(3)4/h5-12,31-32,35-36,43-44H,1,3,13-28H2,2,4H3. The lowest BCUT2D eigenvalue weighted by molar-refractivity contribution is -0.141. The number of carbonyl (C=O) groups is 2. The van der Waals surface area contributed by atoms with E-state index in [-0.39, 0.29) is 63.7 Å². The Bertz CT molecular complexity index is 1410. The molecule has 4 aliphatic carbocycles. The fourth-order valence-corrected chi connectivity index (χ4v) is 9.00. The highest BCUT2D eigenvalue weighted by atomic mass is 16.6. The molecule has 2 aromatic rings. The number of hydrogen-bond donors (Lipinski definition) is 2. The molecule has 6 rings (SSSR count). The number of aliphatic hydroxyl groups is 2. The fourth-order valence-electron chi connectivity index (χ4n) is 9.00. The lowest BCUT2D eigenvalue weighted by atomic mass is 9.41. The van der Waals surface area contributed by atoms with Crippen LogP contribution in [0.15, 0.2) is 72.8 Å². The van der Waals surface area contributed by atoms with Crippen molar-refractivity contribution in [3.63, 3.8) is 0 Å². The zero-order valence-corrected chi connectivity index (χ0v) is 30.8. The first-order valence-electron chi connectivity index (χ1n) is 18.5. The van der Waals surface area contributed by atoms with Gasteiger partial charge in [-0.25, -0.2) is 9.59 Å². The molecule has 0 aromatic heterocycles. The first kappa shape index (κ1) is 39.8. The molecule has 4 aliphatic rings. The van der Waals surface area contributed by atoms with Crippen molar-refractivity contribution in [2.45, 2.75) is 88.6 Å². The van der Waals surface area contributed by atoms with Gasteiger partial charge in [-0.2, -0.15) is 0 Å². The van der Waals surface area contributed by atoms with Crippen LogP contribution in [-0.2, 0) is 62.1 Å². The molecule has 0 saturated heterocycles. The topological polar surface area (TPSA) is 130 Å². The summed E-state index contributed by atoms with van der Waals surface area (Å²) in [5, 5.41) is 20.9. The molecule has 2 aromatic carbocycles. The Kier molecular flexibility index (Phi) is 14.2. The monoisotopic (exact) mass is 720 g/mol. The molecule has 10 nitrogen and oxygen atoms in total. The number of aliphatic hydroxyl groups excluding tert-OH is 2. The molecule has 0 amide bonds. The Morgan fingerprint density at radius 2 is 1.04 bits per heavy atom. The van der Waals surface area contributed by atoms with Crippen LogP contribution >= 0.6 is 0 Å². The van der Waals surface area contributed by atoms with Crippen LogP contribution in [0, 0.1) is 11.8 Å². The van der Waals surface area contributed by atoms with E-state index in [1.165, 1.54) is 54.4 Å². The van der Waals surface area contributed by atoms with Crippen molar-refractivity contribution in [1.82, 2.24) is 0 Å². The maximum absolute atomic E-state index is 11.5. The third-order valence-electron chi connectivity index (χ3n) is 10.6. The third-order valence-corrected chi connectivity index (χ3v) is 10.6. The van der Waals surface area contributed by atoms with Crippen molar-refractivity contribution in [3.05, 3.63) is 95.1 Å². The van der Waals surface area contributed by atoms with E-state index in [1.807, 2.05) is 0 Å². The first-order chi connectivity index (χ1) is 25.0. The van der Waals surface area contributed by atoms with Gasteiger partial charge in [-0.1, -0.05) is 61.7 Å². The van der Waals surface area contributed by atoms with Gasteiger partial charge in [0.15, 0.2) is 0 Å². The molecule has 4 saturated carbocycles. The van der Waals surface area contributed by atoms with Crippen LogP contribution in [0.3, 0.4) is 0 Å². The summed E-state index contributed by atoms with van der Waals surface area (Å²) in [5.41, 5.74) is 5.84. The maximum atomic E-state index is 11.5. The Labute approximate surface area is 308 Å². The van der Waals surface area contributed by atoms with E-state index in [2.05, 4.69) is 61.7 Å². The zero-order chi connectivity index (χ0) is 37.1. The van der Waals surface area contributed by atoms with E-state index in [9.17, 15) is 19.8 Å². The Hall–Kier alpha value is -3.38. The fraction of sp³-hybridized carbons (Fsp3) is 0.571. The number of benzene rings is 2. The Balaban J connectivity index is 1.16. The van der Waals surface area contributed by atoms with Crippen LogP contribution in [0.2, 0.25) is 0 Å². The lowest BCUT2D eigenvalue weighted by Gasteiger charge is -2.63. The molecule has 0 aliphatic heterocycles. The van der Waals surface area contributed by atoms with E-state index in [4.69, 9.17) is 28.4 Å². The molecule has 4 bridgehead atoms. The molecular formula is C42H56O10. The van der Waals surface area contributed by atoms with Crippen LogP contribution in [0.4, 0.5) is 0 Å². The van der Waals surface area contributed by atoms with Crippen LogP contribution < -0.4 is 0 Å². The smallest absolute Gasteiger partial charge is 0.333 e. The van der Waals surface area contributed by atoms with Crippen molar-refractivity contribution >= 4 is 11.9 Å². The summed E-state index contributed by atoms with van der Waals surface area (Å²) in [6.07, 6.45) is 5.45. The second kappa shape index (κ2) is 18.6. The van der Waals surface area contributed by atoms with Crippen molar-refractivity contribution in [2.75, 3.05) is 52.9 Å². The molecule has 2 N–H and O–H groups in total. The van der Waals surface area contributed by atoms with Crippen molar-refractivity contribution < 1.29 is 48.2 Å². The molecule has 10 heteroatoms. The van der Waals surface area contributed by atoms with Gasteiger partial charge >= 0.3 is 11.9 Å². The van der Waals surface area contributed by atoms with Crippen LogP contribution in [0.1, 0.15) is 74.6 Å².